The zero-order valence-electron chi connectivity index (χ0n) is 11.1. The van der Waals surface area contributed by atoms with Gasteiger partial charge in [-0.3, -0.25) is 4.79 Å². The Morgan fingerprint density at radius 1 is 1.20 bits per heavy atom. The number of anilines is 1. The maximum atomic E-state index is 12.6. The van der Waals surface area contributed by atoms with Crippen LogP contribution in [0.5, 0.6) is 5.75 Å². The minimum absolute atomic E-state index is 0.00708. The molecule has 1 aliphatic rings. The van der Waals surface area contributed by atoms with E-state index in [1.165, 1.54) is 0 Å². The van der Waals surface area contributed by atoms with Crippen molar-refractivity contribution < 1.29 is 9.53 Å². The van der Waals surface area contributed by atoms with E-state index in [-0.39, 0.29) is 5.91 Å². The van der Waals surface area contributed by atoms with Gasteiger partial charge in [-0.2, -0.15) is 0 Å². The molecular formula is C16H14BrNO2. The van der Waals surface area contributed by atoms with Gasteiger partial charge in [-0.25, -0.2) is 0 Å². The number of aryl methyl sites for hydroxylation is 1. The number of carbonyl (C=O) groups is 1. The fourth-order valence-electron chi connectivity index (χ4n) is 2.25. The molecule has 0 N–H and O–H groups in total. The van der Waals surface area contributed by atoms with Gasteiger partial charge in [-0.15, -0.1) is 0 Å². The summed E-state index contributed by atoms with van der Waals surface area (Å²) in [4.78, 5) is 14.4. The Bertz CT molecular complexity index is 652. The third-order valence-corrected chi connectivity index (χ3v) is 3.82. The molecule has 20 heavy (non-hydrogen) atoms. The van der Waals surface area contributed by atoms with Gasteiger partial charge in [-0.05, 0) is 37.3 Å². The summed E-state index contributed by atoms with van der Waals surface area (Å²) in [6.07, 6.45) is 0. The van der Waals surface area contributed by atoms with Crippen LogP contribution in [0, 0.1) is 6.92 Å². The minimum Gasteiger partial charge on any atom is -0.490 e. The van der Waals surface area contributed by atoms with Crippen LogP contribution in [0.15, 0.2) is 46.9 Å². The molecule has 0 bridgehead atoms. The predicted molar refractivity (Wildman–Crippen MR) is 82.5 cm³/mol. The molecule has 3 nitrogen and oxygen atoms in total. The molecule has 4 heteroatoms. The molecule has 0 spiro atoms. The molecule has 0 aliphatic carbocycles. The highest BCUT2D eigenvalue weighted by molar-refractivity contribution is 9.10. The summed E-state index contributed by atoms with van der Waals surface area (Å²) in [6.45, 7) is 3.10. The lowest BCUT2D eigenvalue weighted by Crippen LogP contribution is -2.37. The number of hydrogen-bond donors (Lipinski definition) is 0. The molecule has 1 heterocycles. The average molecular weight is 332 g/mol. The molecule has 0 aromatic heterocycles. The second-order valence-corrected chi connectivity index (χ2v) is 5.70. The molecule has 0 atom stereocenters. The smallest absolute Gasteiger partial charge is 0.258 e. The number of hydrogen-bond acceptors (Lipinski definition) is 2. The number of rotatable bonds is 1. The summed E-state index contributed by atoms with van der Waals surface area (Å²) in [5.41, 5.74) is 2.66. The Labute approximate surface area is 126 Å². The third-order valence-electron chi connectivity index (χ3n) is 3.33. The fraction of sp³-hybridized carbons (Fsp3) is 0.188. The van der Waals surface area contributed by atoms with Crippen molar-refractivity contribution in [1.82, 2.24) is 0 Å². The standard InChI is InChI=1S/C16H14BrNO2/c1-11-2-4-12(5-3-11)16(19)18-8-9-20-15-7-6-13(17)10-14(15)18/h2-7,10H,8-9H2,1H3. The summed E-state index contributed by atoms with van der Waals surface area (Å²) >= 11 is 3.44. The number of nitrogens with zero attached hydrogens (tertiary/aromatic N) is 1. The van der Waals surface area contributed by atoms with E-state index in [1.54, 1.807) is 4.90 Å². The Kier molecular flexibility index (Phi) is 3.49. The van der Waals surface area contributed by atoms with E-state index in [9.17, 15) is 4.79 Å². The summed E-state index contributed by atoms with van der Waals surface area (Å²) < 4.78 is 6.53. The second kappa shape index (κ2) is 5.29. The Hall–Kier alpha value is -1.81. The van der Waals surface area contributed by atoms with Gasteiger partial charge in [0.05, 0.1) is 12.2 Å². The lowest BCUT2D eigenvalue weighted by atomic mass is 10.1. The summed E-state index contributed by atoms with van der Waals surface area (Å²) in [5, 5.41) is 0. The average Bonchev–Trinajstić information content (AvgIpc) is 2.46. The zero-order chi connectivity index (χ0) is 14.1. The number of amides is 1. The molecule has 0 fully saturated rings. The molecule has 102 valence electrons. The first-order chi connectivity index (χ1) is 9.65. The number of ether oxygens (including phenoxy) is 1. The zero-order valence-corrected chi connectivity index (χ0v) is 12.7. The van der Waals surface area contributed by atoms with Crippen LogP contribution in [0.1, 0.15) is 15.9 Å². The molecule has 1 amide bonds. The summed E-state index contributed by atoms with van der Waals surface area (Å²) in [7, 11) is 0. The van der Waals surface area contributed by atoms with Crippen molar-refractivity contribution in [3.8, 4) is 5.75 Å². The second-order valence-electron chi connectivity index (χ2n) is 4.78. The Morgan fingerprint density at radius 3 is 2.70 bits per heavy atom. The van der Waals surface area contributed by atoms with Crippen molar-refractivity contribution in [3.63, 3.8) is 0 Å². The van der Waals surface area contributed by atoms with Crippen LogP contribution in [0.4, 0.5) is 5.69 Å². The van der Waals surface area contributed by atoms with Gasteiger partial charge >= 0.3 is 0 Å². The summed E-state index contributed by atoms with van der Waals surface area (Å²) in [5.74, 6) is 0.757. The van der Waals surface area contributed by atoms with Gasteiger partial charge in [0.1, 0.15) is 12.4 Å². The van der Waals surface area contributed by atoms with E-state index in [0.29, 0.717) is 18.7 Å². The van der Waals surface area contributed by atoms with Crippen molar-refractivity contribution in [2.45, 2.75) is 6.92 Å². The number of carbonyl (C=O) groups excluding carboxylic acids is 1. The molecule has 0 saturated carbocycles. The predicted octanol–water partition coefficient (Wildman–Crippen LogP) is 3.80. The van der Waals surface area contributed by atoms with Gasteiger partial charge in [-0.1, -0.05) is 33.6 Å². The first kappa shape index (κ1) is 13.2. The van der Waals surface area contributed by atoms with Crippen LogP contribution in [0.25, 0.3) is 0 Å². The maximum absolute atomic E-state index is 12.6. The molecule has 0 saturated heterocycles. The molecule has 3 rings (SSSR count). The Balaban J connectivity index is 1.97. The van der Waals surface area contributed by atoms with Crippen LogP contribution in [-0.2, 0) is 0 Å². The van der Waals surface area contributed by atoms with E-state index < -0.39 is 0 Å². The van der Waals surface area contributed by atoms with Crippen molar-refractivity contribution in [1.29, 1.82) is 0 Å². The molecular weight excluding hydrogens is 318 g/mol. The third kappa shape index (κ3) is 2.43. The van der Waals surface area contributed by atoms with E-state index in [1.807, 2.05) is 49.4 Å². The molecule has 2 aromatic rings. The van der Waals surface area contributed by atoms with Gasteiger partial charge in [0.2, 0.25) is 0 Å². The number of benzene rings is 2. The first-order valence-corrected chi connectivity index (χ1v) is 7.25. The monoisotopic (exact) mass is 331 g/mol. The van der Waals surface area contributed by atoms with Crippen LogP contribution < -0.4 is 9.64 Å². The van der Waals surface area contributed by atoms with Gasteiger partial charge < -0.3 is 9.64 Å². The van der Waals surface area contributed by atoms with E-state index in [2.05, 4.69) is 15.9 Å². The molecule has 2 aromatic carbocycles. The summed E-state index contributed by atoms with van der Waals surface area (Å²) in [6, 6.07) is 13.4. The highest BCUT2D eigenvalue weighted by Crippen LogP contribution is 2.34. The van der Waals surface area contributed by atoms with Crippen molar-refractivity contribution >= 4 is 27.5 Å². The van der Waals surface area contributed by atoms with Gasteiger partial charge in [0, 0.05) is 10.0 Å². The lowest BCUT2D eigenvalue weighted by Gasteiger charge is -2.29. The maximum Gasteiger partial charge on any atom is 0.258 e. The van der Waals surface area contributed by atoms with Gasteiger partial charge in [0.25, 0.3) is 5.91 Å². The topological polar surface area (TPSA) is 29.5 Å². The van der Waals surface area contributed by atoms with Crippen molar-refractivity contribution in [2.75, 3.05) is 18.1 Å². The van der Waals surface area contributed by atoms with Crippen molar-refractivity contribution in [2.24, 2.45) is 0 Å². The van der Waals surface area contributed by atoms with Crippen LogP contribution in [0.3, 0.4) is 0 Å². The Morgan fingerprint density at radius 2 is 1.95 bits per heavy atom. The highest BCUT2D eigenvalue weighted by atomic mass is 79.9. The quantitative estimate of drug-likeness (QED) is 0.795. The number of halogens is 1. The van der Waals surface area contributed by atoms with Gasteiger partial charge in [0.15, 0.2) is 0 Å². The number of fused-ring (bicyclic) bond motifs is 1. The fourth-order valence-corrected chi connectivity index (χ4v) is 2.60. The highest BCUT2D eigenvalue weighted by Gasteiger charge is 2.24. The molecule has 0 unspecified atom stereocenters. The van der Waals surface area contributed by atoms with E-state index in [0.717, 1.165) is 21.5 Å². The lowest BCUT2D eigenvalue weighted by molar-refractivity contribution is 0.0976. The van der Waals surface area contributed by atoms with E-state index >= 15 is 0 Å². The SMILES string of the molecule is Cc1ccc(C(=O)N2CCOc3ccc(Br)cc32)cc1. The van der Waals surface area contributed by atoms with Crippen LogP contribution in [-0.4, -0.2) is 19.1 Å². The van der Waals surface area contributed by atoms with E-state index in [4.69, 9.17) is 4.74 Å². The largest absolute Gasteiger partial charge is 0.490 e. The molecule has 0 radical (unpaired) electrons. The van der Waals surface area contributed by atoms with Crippen LogP contribution in [0.2, 0.25) is 0 Å². The van der Waals surface area contributed by atoms with Crippen molar-refractivity contribution in [3.05, 3.63) is 58.1 Å². The normalized spacial score (nSPS) is 13.6. The first-order valence-electron chi connectivity index (χ1n) is 6.46. The van der Waals surface area contributed by atoms with Crippen LogP contribution >= 0.6 is 15.9 Å². The minimum atomic E-state index is 0.00708. The molecule has 1 aliphatic heterocycles.